The SMILES string of the molecule is Cc1ccc(-c2ccc(/C=N\NC(=O)c3ccccc3O)o2)cc1Br. The van der Waals surface area contributed by atoms with Gasteiger partial charge in [-0.15, -0.1) is 0 Å². The monoisotopic (exact) mass is 398 g/mol. The van der Waals surface area contributed by atoms with E-state index in [1.807, 2.05) is 31.2 Å². The standard InChI is InChI=1S/C19H15BrN2O3/c1-12-6-7-13(10-16(12)20)18-9-8-14(25-18)11-21-22-19(24)15-4-2-3-5-17(15)23/h2-11,23H,1H3,(H,22,24)/b21-11-. The smallest absolute Gasteiger partial charge is 0.275 e. The largest absolute Gasteiger partial charge is 0.507 e. The zero-order valence-corrected chi connectivity index (χ0v) is 14.9. The molecule has 0 atom stereocenters. The number of phenols is 1. The zero-order chi connectivity index (χ0) is 17.8. The molecule has 3 aromatic rings. The summed E-state index contributed by atoms with van der Waals surface area (Å²) >= 11 is 3.50. The molecule has 126 valence electrons. The summed E-state index contributed by atoms with van der Waals surface area (Å²) in [7, 11) is 0. The number of hydrogen-bond donors (Lipinski definition) is 2. The molecule has 1 amide bonds. The van der Waals surface area contributed by atoms with E-state index in [4.69, 9.17) is 4.42 Å². The van der Waals surface area contributed by atoms with Gasteiger partial charge in [-0.25, -0.2) is 5.43 Å². The molecule has 2 aromatic carbocycles. The fraction of sp³-hybridized carbons (Fsp3) is 0.0526. The van der Waals surface area contributed by atoms with Gasteiger partial charge in [-0.05, 0) is 42.8 Å². The van der Waals surface area contributed by atoms with E-state index in [2.05, 4.69) is 26.5 Å². The van der Waals surface area contributed by atoms with E-state index < -0.39 is 5.91 Å². The molecular weight excluding hydrogens is 384 g/mol. The second kappa shape index (κ2) is 7.36. The highest BCUT2D eigenvalue weighted by atomic mass is 79.9. The van der Waals surface area contributed by atoms with Gasteiger partial charge in [0.15, 0.2) is 0 Å². The molecular formula is C19H15BrN2O3. The maximum Gasteiger partial charge on any atom is 0.275 e. The fourth-order valence-corrected chi connectivity index (χ4v) is 2.58. The summed E-state index contributed by atoms with van der Waals surface area (Å²) in [6, 6.07) is 15.8. The average molecular weight is 399 g/mol. The third-order valence-corrected chi connectivity index (χ3v) is 4.44. The van der Waals surface area contributed by atoms with Gasteiger partial charge in [-0.3, -0.25) is 4.79 Å². The van der Waals surface area contributed by atoms with Crippen LogP contribution in [0.3, 0.4) is 0 Å². The highest BCUT2D eigenvalue weighted by molar-refractivity contribution is 9.10. The number of amides is 1. The minimum atomic E-state index is -0.497. The minimum Gasteiger partial charge on any atom is -0.507 e. The lowest BCUT2D eigenvalue weighted by atomic mass is 10.1. The number of furan rings is 1. The molecule has 1 heterocycles. The van der Waals surface area contributed by atoms with Gasteiger partial charge >= 0.3 is 0 Å². The van der Waals surface area contributed by atoms with Crippen molar-refractivity contribution >= 4 is 28.1 Å². The Morgan fingerprint density at radius 1 is 1.20 bits per heavy atom. The van der Waals surface area contributed by atoms with Crippen molar-refractivity contribution in [2.75, 3.05) is 0 Å². The molecule has 0 fully saturated rings. The van der Waals surface area contributed by atoms with E-state index in [-0.39, 0.29) is 11.3 Å². The first-order valence-corrected chi connectivity index (χ1v) is 8.31. The molecule has 0 saturated heterocycles. The number of nitrogens with one attached hydrogen (secondary N) is 1. The van der Waals surface area contributed by atoms with Crippen molar-refractivity contribution in [2.45, 2.75) is 6.92 Å². The van der Waals surface area contributed by atoms with Crippen LogP contribution in [-0.4, -0.2) is 17.2 Å². The number of aromatic hydroxyl groups is 1. The number of carbonyl (C=O) groups is 1. The first kappa shape index (κ1) is 17.0. The predicted molar refractivity (Wildman–Crippen MR) is 99.7 cm³/mol. The van der Waals surface area contributed by atoms with Crippen LogP contribution in [-0.2, 0) is 0 Å². The van der Waals surface area contributed by atoms with Crippen LogP contribution in [0.5, 0.6) is 5.75 Å². The van der Waals surface area contributed by atoms with Gasteiger partial charge in [-0.1, -0.05) is 40.2 Å². The molecule has 0 bridgehead atoms. The summed E-state index contributed by atoms with van der Waals surface area (Å²) in [5.41, 5.74) is 4.60. The summed E-state index contributed by atoms with van der Waals surface area (Å²) < 4.78 is 6.71. The van der Waals surface area contributed by atoms with Crippen LogP contribution in [0.1, 0.15) is 21.7 Å². The van der Waals surface area contributed by atoms with Crippen molar-refractivity contribution < 1.29 is 14.3 Å². The molecule has 0 aliphatic rings. The van der Waals surface area contributed by atoms with Gasteiger partial charge in [0.1, 0.15) is 17.3 Å². The van der Waals surface area contributed by atoms with Crippen LogP contribution in [0.15, 0.2) is 68.6 Å². The van der Waals surface area contributed by atoms with E-state index >= 15 is 0 Å². The van der Waals surface area contributed by atoms with Crippen LogP contribution >= 0.6 is 15.9 Å². The number of rotatable bonds is 4. The number of benzene rings is 2. The Morgan fingerprint density at radius 2 is 2.00 bits per heavy atom. The number of para-hydroxylation sites is 1. The van der Waals surface area contributed by atoms with Crippen molar-refractivity contribution in [3.8, 4) is 17.1 Å². The summed E-state index contributed by atoms with van der Waals surface area (Å²) in [5, 5.41) is 13.5. The van der Waals surface area contributed by atoms with Crippen LogP contribution < -0.4 is 5.43 Å². The molecule has 25 heavy (non-hydrogen) atoms. The lowest BCUT2D eigenvalue weighted by Gasteiger charge is -2.01. The van der Waals surface area contributed by atoms with Gasteiger partial charge in [0.05, 0.1) is 11.8 Å². The third-order valence-electron chi connectivity index (χ3n) is 3.59. The van der Waals surface area contributed by atoms with Gasteiger partial charge in [-0.2, -0.15) is 5.10 Å². The molecule has 3 rings (SSSR count). The number of halogens is 1. The van der Waals surface area contributed by atoms with E-state index in [9.17, 15) is 9.90 Å². The Bertz CT molecular complexity index is 947. The molecule has 0 aliphatic carbocycles. The first-order chi connectivity index (χ1) is 12.0. The summed E-state index contributed by atoms with van der Waals surface area (Å²) in [4.78, 5) is 11.9. The molecule has 0 unspecified atom stereocenters. The van der Waals surface area contributed by atoms with E-state index in [0.29, 0.717) is 11.5 Å². The Kier molecular flexibility index (Phi) is 5.00. The zero-order valence-electron chi connectivity index (χ0n) is 13.4. The Morgan fingerprint density at radius 3 is 2.76 bits per heavy atom. The highest BCUT2D eigenvalue weighted by Gasteiger charge is 2.09. The molecule has 6 heteroatoms. The van der Waals surface area contributed by atoms with Crippen molar-refractivity contribution in [3.63, 3.8) is 0 Å². The van der Waals surface area contributed by atoms with Gasteiger partial charge in [0.25, 0.3) is 5.91 Å². The van der Waals surface area contributed by atoms with Crippen LogP contribution in [0.2, 0.25) is 0 Å². The van der Waals surface area contributed by atoms with Gasteiger partial charge in [0.2, 0.25) is 0 Å². The maximum absolute atomic E-state index is 11.9. The lowest BCUT2D eigenvalue weighted by molar-refractivity contribution is 0.0952. The molecule has 0 saturated carbocycles. The van der Waals surface area contributed by atoms with E-state index in [1.165, 1.54) is 18.3 Å². The predicted octanol–water partition coefficient (Wildman–Crippen LogP) is 4.49. The van der Waals surface area contributed by atoms with E-state index in [1.54, 1.807) is 18.2 Å². The van der Waals surface area contributed by atoms with Crippen LogP contribution in [0.4, 0.5) is 0 Å². The Hall–Kier alpha value is -2.86. The van der Waals surface area contributed by atoms with E-state index in [0.717, 1.165) is 15.6 Å². The molecule has 1 aromatic heterocycles. The van der Waals surface area contributed by atoms with Crippen molar-refractivity contribution in [1.82, 2.24) is 5.43 Å². The van der Waals surface area contributed by atoms with Gasteiger partial charge < -0.3 is 9.52 Å². The van der Waals surface area contributed by atoms with Crippen LogP contribution in [0, 0.1) is 6.92 Å². The fourth-order valence-electron chi connectivity index (χ4n) is 2.20. The normalized spacial score (nSPS) is 11.0. The minimum absolute atomic E-state index is 0.0968. The molecule has 2 N–H and O–H groups in total. The summed E-state index contributed by atoms with van der Waals surface area (Å²) in [6.45, 7) is 2.02. The number of phenolic OH excluding ortho intramolecular Hbond substituents is 1. The number of nitrogens with zero attached hydrogens (tertiary/aromatic N) is 1. The third kappa shape index (κ3) is 3.97. The van der Waals surface area contributed by atoms with Crippen molar-refractivity contribution in [1.29, 1.82) is 0 Å². The van der Waals surface area contributed by atoms with Crippen molar-refractivity contribution in [2.24, 2.45) is 5.10 Å². The lowest BCUT2D eigenvalue weighted by Crippen LogP contribution is -2.17. The number of hydrogen-bond acceptors (Lipinski definition) is 4. The summed E-state index contributed by atoms with van der Waals surface area (Å²) in [5.74, 6) is 0.613. The second-order valence-corrected chi connectivity index (χ2v) is 6.24. The highest BCUT2D eigenvalue weighted by Crippen LogP contribution is 2.26. The molecule has 0 aliphatic heterocycles. The van der Waals surface area contributed by atoms with Gasteiger partial charge in [0, 0.05) is 10.0 Å². The molecule has 0 spiro atoms. The Balaban J connectivity index is 1.69. The number of hydrazone groups is 1. The average Bonchev–Trinajstić information content (AvgIpc) is 3.06. The Labute approximate surface area is 153 Å². The number of carbonyl (C=O) groups excluding carboxylic acids is 1. The maximum atomic E-state index is 11.9. The number of aryl methyl sites for hydroxylation is 1. The summed E-state index contributed by atoms with van der Waals surface area (Å²) in [6.07, 6.45) is 1.41. The molecule has 5 nitrogen and oxygen atoms in total. The van der Waals surface area contributed by atoms with Crippen molar-refractivity contribution in [3.05, 3.63) is 76.0 Å². The first-order valence-electron chi connectivity index (χ1n) is 7.52. The molecule has 0 radical (unpaired) electrons. The van der Waals surface area contributed by atoms with Crippen LogP contribution in [0.25, 0.3) is 11.3 Å². The quantitative estimate of drug-likeness (QED) is 0.502. The second-order valence-electron chi connectivity index (χ2n) is 5.38. The topological polar surface area (TPSA) is 74.8 Å².